The van der Waals surface area contributed by atoms with Gasteiger partial charge in [0.15, 0.2) is 0 Å². The van der Waals surface area contributed by atoms with Crippen LogP contribution in [0.4, 0.5) is 0 Å². The smallest absolute Gasteiger partial charge is 0.135 e. The minimum atomic E-state index is 0.927. The van der Waals surface area contributed by atoms with Crippen LogP contribution < -0.4 is 0 Å². The molecule has 8 rings (SSSR count). The van der Waals surface area contributed by atoms with Crippen molar-refractivity contribution < 1.29 is 4.42 Å². The van der Waals surface area contributed by atoms with Crippen LogP contribution in [0.15, 0.2) is 126 Å². The Morgan fingerprint density at radius 3 is 1.91 bits per heavy atom. The van der Waals surface area contributed by atoms with Crippen molar-refractivity contribution in [1.82, 2.24) is 0 Å². The number of fused-ring (bicyclic) bond motifs is 10. The number of benzene rings is 7. The second-order valence-electron chi connectivity index (χ2n) is 9.33. The van der Waals surface area contributed by atoms with E-state index >= 15 is 0 Å². The molecule has 0 spiro atoms. The van der Waals surface area contributed by atoms with Crippen LogP contribution in [0.3, 0.4) is 0 Å². The Labute approximate surface area is 201 Å². The fraction of sp³-hybridized carbons (Fsp3) is 0. The highest BCUT2D eigenvalue weighted by Crippen LogP contribution is 2.42. The van der Waals surface area contributed by atoms with E-state index in [2.05, 4.69) is 109 Å². The molecule has 0 aliphatic heterocycles. The Morgan fingerprint density at radius 2 is 1.03 bits per heavy atom. The predicted octanol–water partition coefficient (Wildman–Crippen LogP) is 9.87. The van der Waals surface area contributed by atoms with Crippen molar-refractivity contribution >= 4 is 65.0 Å². The van der Waals surface area contributed by atoms with Crippen LogP contribution in [0.1, 0.15) is 0 Å². The summed E-state index contributed by atoms with van der Waals surface area (Å²) in [6.07, 6.45) is 0. The van der Waals surface area contributed by atoms with E-state index in [9.17, 15) is 0 Å². The molecule has 0 aliphatic rings. The topological polar surface area (TPSA) is 13.1 Å². The third-order valence-electron chi connectivity index (χ3n) is 7.42. The average molecular weight is 445 g/mol. The van der Waals surface area contributed by atoms with Gasteiger partial charge in [-0.15, -0.1) is 0 Å². The minimum absolute atomic E-state index is 0.927. The zero-order valence-corrected chi connectivity index (χ0v) is 19.0. The first-order chi connectivity index (χ1) is 17.3. The lowest BCUT2D eigenvalue weighted by Crippen LogP contribution is -1.88. The Bertz CT molecular complexity index is 2110. The summed E-state index contributed by atoms with van der Waals surface area (Å²) in [5.41, 5.74) is 4.32. The highest BCUT2D eigenvalue weighted by molar-refractivity contribution is 6.30. The summed E-state index contributed by atoms with van der Waals surface area (Å²) in [6.45, 7) is 0. The molecular formula is C34H20O. The molecule has 0 amide bonds. The summed E-state index contributed by atoms with van der Waals surface area (Å²) in [5, 5.41) is 12.6. The van der Waals surface area contributed by atoms with Gasteiger partial charge in [0, 0.05) is 10.8 Å². The fourth-order valence-corrected chi connectivity index (χ4v) is 5.82. The van der Waals surface area contributed by atoms with E-state index in [0.29, 0.717) is 0 Å². The van der Waals surface area contributed by atoms with E-state index in [1.807, 2.05) is 12.1 Å². The number of hydrogen-bond donors (Lipinski definition) is 0. The van der Waals surface area contributed by atoms with Crippen molar-refractivity contribution in [2.75, 3.05) is 0 Å². The summed E-state index contributed by atoms with van der Waals surface area (Å²) < 4.78 is 6.11. The largest absolute Gasteiger partial charge is 0.456 e. The molecule has 1 heteroatoms. The fourth-order valence-electron chi connectivity index (χ4n) is 5.82. The Kier molecular flexibility index (Phi) is 3.72. The monoisotopic (exact) mass is 444 g/mol. The normalized spacial score (nSPS) is 12.0. The standard InChI is InChI=1S/C34H20O/c1-3-9-25-21(7-1)13-14-22-15-17-28-29(19-23-8-2-4-10-26(23)34(28)33(22)25)24-16-18-32-30(20-24)27-11-5-6-12-31(27)35-32/h1-20H. The van der Waals surface area contributed by atoms with Crippen LogP contribution in [-0.4, -0.2) is 0 Å². The van der Waals surface area contributed by atoms with E-state index in [-0.39, 0.29) is 0 Å². The molecule has 35 heavy (non-hydrogen) atoms. The lowest BCUT2D eigenvalue weighted by Gasteiger charge is -2.15. The van der Waals surface area contributed by atoms with E-state index in [1.165, 1.54) is 54.2 Å². The average Bonchev–Trinajstić information content (AvgIpc) is 3.30. The number of hydrogen-bond acceptors (Lipinski definition) is 1. The van der Waals surface area contributed by atoms with Gasteiger partial charge in [-0.1, -0.05) is 97.1 Å². The molecule has 7 aromatic carbocycles. The molecule has 0 radical (unpaired) electrons. The number of rotatable bonds is 1. The molecule has 0 N–H and O–H groups in total. The van der Waals surface area contributed by atoms with Gasteiger partial charge < -0.3 is 4.42 Å². The lowest BCUT2D eigenvalue weighted by molar-refractivity contribution is 0.669. The summed E-state index contributed by atoms with van der Waals surface area (Å²) >= 11 is 0. The maximum atomic E-state index is 6.11. The SMILES string of the molecule is c1ccc2c(c1)ccc1ccc3c(-c4ccc5oc6ccccc6c5c4)cc4ccccc4c3c12. The van der Waals surface area contributed by atoms with Gasteiger partial charge in [0.2, 0.25) is 0 Å². The van der Waals surface area contributed by atoms with Crippen molar-refractivity contribution in [1.29, 1.82) is 0 Å². The first kappa shape index (κ1) is 18.8. The van der Waals surface area contributed by atoms with Crippen LogP contribution in [0.25, 0.3) is 76.2 Å². The van der Waals surface area contributed by atoms with E-state index < -0.39 is 0 Å². The van der Waals surface area contributed by atoms with Crippen molar-refractivity contribution in [3.63, 3.8) is 0 Å². The third kappa shape index (κ3) is 2.64. The lowest BCUT2D eigenvalue weighted by atomic mass is 9.88. The van der Waals surface area contributed by atoms with Gasteiger partial charge in [0.05, 0.1) is 0 Å². The molecule has 162 valence electrons. The summed E-state index contributed by atoms with van der Waals surface area (Å²) in [7, 11) is 0. The van der Waals surface area contributed by atoms with Gasteiger partial charge in [-0.05, 0) is 78.5 Å². The van der Waals surface area contributed by atoms with Crippen LogP contribution >= 0.6 is 0 Å². The van der Waals surface area contributed by atoms with Crippen LogP contribution in [0.5, 0.6) is 0 Å². The quantitative estimate of drug-likeness (QED) is 0.230. The molecule has 0 atom stereocenters. The zero-order valence-electron chi connectivity index (χ0n) is 19.0. The number of para-hydroxylation sites is 1. The summed E-state index contributed by atoms with van der Waals surface area (Å²) in [4.78, 5) is 0. The van der Waals surface area contributed by atoms with E-state index in [0.717, 1.165) is 21.9 Å². The molecule has 0 bridgehead atoms. The molecule has 0 unspecified atom stereocenters. The third-order valence-corrected chi connectivity index (χ3v) is 7.42. The second kappa shape index (κ2) is 6.94. The molecule has 1 heterocycles. The first-order valence-corrected chi connectivity index (χ1v) is 12.0. The maximum Gasteiger partial charge on any atom is 0.135 e. The predicted molar refractivity (Wildman–Crippen MR) is 149 cm³/mol. The zero-order chi connectivity index (χ0) is 22.9. The molecular weight excluding hydrogens is 424 g/mol. The Hall–Kier alpha value is -4.62. The van der Waals surface area contributed by atoms with Gasteiger partial charge in [-0.2, -0.15) is 0 Å². The van der Waals surface area contributed by atoms with Gasteiger partial charge in [-0.3, -0.25) is 0 Å². The molecule has 0 aliphatic carbocycles. The molecule has 0 fully saturated rings. The second-order valence-corrected chi connectivity index (χ2v) is 9.33. The highest BCUT2D eigenvalue weighted by Gasteiger charge is 2.15. The minimum Gasteiger partial charge on any atom is -0.456 e. The van der Waals surface area contributed by atoms with Crippen molar-refractivity contribution in [3.8, 4) is 11.1 Å². The Balaban J connectivity index is 1.56. The van der Waals surface area contributed by atoms with E-state index in [1.54, 1.807) is 0 Å². The van der Waals surface area contributed by atoms with Crippen molar-refractivity contribution in [2.24, 2.45) is 0 Å². The van der Waals surface area contributed by atoms with Crippen molar-refractivity contribution in [2.45, 2.75) is 0 Å². The highest BCUT2D eigenvalue weighted by atomic mass is 16.3. The summed E-state index contributed by atoms with van der Waals surface area (Å²) in [6, 6.07) is 43.8. The first-order valence-electron chi connectivity index (χ1n) is 12.0. The van der Waals surface area contributed by atoms with Crippen LogP contribution in [-0.2, 0) is 0 Å². The molecule has 1 nitrogen and oxygen atoms in total. The number of furan rings is 1. The van der Waals surface area contributed by atoms with Crippen LogP contribution in [0.2, 0.25) is 0 Å². The van der Waals surface area contributed by atoms with Gasteiger partial charge >= 0.3 is 0 Å². The molecule has 1 aromatic heterocycles. The van der Waals surface area contributed by atoms with Gasteiger partial charge in [0.1, 0.15) is 11.2 Å². The van der Waals surface area contributed by atoms with Crippen molar-refractivity contribution in [3.05, 3.63) is 121 Å². The molecule has 0 saturated carbocycles. The summed E-state index contributed by atoms with van der Waals surface area (Å²) in [5.74, 6) is 0. The van der Waals surface area contributed by atoms with Crippen LogP contribution in [0, 0.1) is 0 Å². The van der Waals surface area contributed by atoms with E-state index in [4.69, 9.17) is 4.42 Å². The Morgan fingerprint density at radius 1 is 0.371 bits per heavy atom. The molecule has 0 saturated heterocycles. The molecule has 8 aromatic rings. The van der Waals surface area contributed by atoms with Gasteiger partial charge in [0.25, 0.3) is 0 Å². The van der Waals surface area contributed by atoms with Gasteiger partial charge in [-0.25, -0.2) is 0 Å². The maximum absolute atomic E-state index is 6.11.